The average molecular weight is 415 g/mol. The lowest BCUT2D eigenvalue weighted by Crippen LogP contribution is -2.13. The highest BCUT2D eigenvalue weighted by Crippen LogP contribution is 2.34. The Labute approximate surface area is 173 Å². The van der Waals surface area contributed by atoms with Gasteiger partial charge in [0.2, 0.25) is 5.91 Å². The monoisotopic (exact) mass is 415 g/mol. The van der Waals surface area contributed by atoms with Gasteiger partial charge in [0.15, 0.2) is 16.7 Å². The molecule has 3 rings (SSSR count). The molecule has 0 bridgehead atoms. The van der Waals surface area contributed by atoms with Crippen molar-refractivity contribution in [2.75, 3.05) is 19.5 Å². The summed E-state index contributed by atoms with van der Waals surface area (Å²) < 4.78 is 26.3. The highest BCUT2D eigenvalue weighted by atomic mass is 32.2. The Morgan fingerprint density at radius 1 is 1.24 bits per heavy atom. The molecule has 0 fully saturated rings. The van der Waals surface area contributed by atoms with E-state index >= 15 is 0 Å². The molecule has 8 heteroatoms. The minimum atomic E-state index is -0.418. The summed E-state index contributed by atoms with van der Waals surface area (Å²) in [5, 5.41) is 3.55. The number of hydrogen-bond acceptors (Lipinski definition) is 5. The summed E-state index contributed by atoms with van der Waals surface area (Å²) in [5.74, 6) is 0.588. The molecule has 0 aliphatic rings. The van der Waals surface area contributed by atoms with Crippen molar-refractivity contribution in [3.05, 3.63) is 60.2 Å². The molecule has 0 atom stereocenters. The number of imidazole rings is 1. The van der Waals surface area contributed by atoms with E-state index in [0.29, 0.717) is 28.5 Å². The molecule has 29 heavy (non-hydrogen) atoms. The average Bonchev–Trinajstić information content (AvgIpc) is 3.12. The van der Waals surface area contributed by atoms with Gasteiger partial charge in [-0.2, -0.15) is 0 Å². The zero-order valence-electron chi connectivity index (χ0n) is 16.4. The molecule has 2 aromatic carbocycles. The van der Waals surface area contributed by atoms with Crippen LogP contribution in [0, 0.1) is 5.82 Å². The number of hydrogen-bond donors (Lipinski definition) is 1. The molecule has 0 saturated heterocycles. The first kappa shape index (κ1) is 20.7. The number of para-hydroxylation sites is 1. The number of nitrogens with one attached hydrogen (secondary N) is 1. The smallest absolute Gasteiger partial charge is 0.224 e. The molecule has 0 aliphatic carbocycles. The minimum Gasteiger partial charge on any atom is -0.493 e. The van der Waals surface area contributed by atoms with Crippen LogP contribution in [0.25, 0.3) is 0 Å². The third-order valence-electron chi connectivity index (χ3n) is 4.30. The van der Waals surface area contributed by atoms with Crippen molar-refractivity contribution in [1.82, 2.24) is 9.55 Å². The van der Waals surface area contributed by atoms with Gasteiger partial charge in [0, 0.05) is 30.8 Å². The Bertz CT molecular complexity index is 1010. The number of nitrogens with zero attached hydrogens (tertiary/aromatic N) is 2. The lowest BCUT2D eigenvalue weighted by molar-refractivity contribution is -0.116. The van der Waals surface area contributed by atoms with E-state index in [1.165, 1.54) is 23.9 Å². The van der Waals surface area contributed by atoms with Crippen molar-refractivity contribution in [2.24, 2.45) is 7.05 Å². The van der Waals surface area contributed by atoms with Crippen LogP contribution in [-0.4, -0.2) is 29.7 Å². The molecule has 152 valence electrons. The SMILES string of the molecule is COc1cccc(CCC(=O)Nc2cc(F)ccc2Sc2nccn2C)c1OC. The summed E-state index contributed by atoms with van der Waals surface area (Å²) in [4.78, 5) is 17.5. The number of ether oxygens (including phenoxy) is 2. The van der Waals surface area contributed by atoms with E-state index in [1.54, 1.807) is 32.5 Å². The first-order chi connectivity index (χ1) is 14.0. The lowest BCUT2D eigenvalue weighted by Gasteiger charge is -2.13. The zero-order valence-corrected chi connectivity index (χ0v) is 17.3. The molecule has 0 unspecified atom stereocenters. The summed E-state index contributed by atoms with van der Waals surface area (Å²) in [6.07, 6.45) is 4.19. The molecule has 0 radical (unpaired) electrons. The second-order valence-corrected chi connectivity index (χ2v) is 7.27. The molecule has 3 aromatic rings. The van der Waals surface area contributed by atoms with Crippen molar-refractivity contribution in [3.63, 3.8) is 0 Å². The van der Waals surface area contributed by atoms with Crippen LogP contribution in [0.2, 0.25) is 0 Å². The Kier molecular flexibility index (Phi) is 6.77. The summed E-state index contributed by atoms with van der Waals surface area (Å²) in [7, 11) is 5.01. The van der Waals surface area contributed by atoms with E-state index in [2.05, 4.69) is 10.3 Å². The Morgan fingerprint density at radius 2 is 2.07 bits per heavy atom. The van der Waals surface area contributed by atoms with Gasteiger partial charge in [-0.25, -0.2) is 9.37 Å². The maximum absolute atomic E-state index is 13.8. The summed E-state index contributed by atoms with van der Waals surface area (Å²) in [6, 6.07) is 9.85. The van der Waals surface area contributed by atoms with Gasteiger partial charge in [-0.15, -0.1) is 0 Å². The molecular formula is C21H22FN3O3S. The lowest BCUT2D eigenvalue weighted by atomic mass is 10.1. The molecule has 6 nitrogen and oxygen atoms in total. The molecule has 1 heterocycles. The van der Waals surface area contributed by atoms with Gasteiger partial charge >= 0.3 is 0 Å². The standard InChI is InChI=1S/C21H22FN3O3S/c1-25-12-11-23-21(25)29-18-9-8-15(22)13-16(18)24-19(26)10-7-14-5-4-6-17(27-2)20(14)28-3/h4-6,8-9,11-13H,7,10H2,1-3H3,(H,24,26). The maximum Gasteiger partial charge on any atom is 0.224 e. The fourth-order valence-corrected chi connectivity index (χ4v) is 3.72. The second kappa shape index (κ2) is 9.47. The Balaban J connectivity index is 1.71. The summed E-state index contributed by atoms with van der Waals surface area (Å²) in [6.45, 7) is 0. The molecule has 0 spiro atoms. The third kappa shape index (κ3) is 5.08. The molecular weight excluding hydrogens is 393 g/mol. The first-order valence-corrected chi connectivity index (χ1v) is 9.78. The molecule has 1 amide bonds. The maximum atomic E-state index is 13.8. The van der Waals surface area contributed by atoms with Gasteiger partial charge in [0.1, 0.15) is 5.82 Å². The van der Waals surface area contributed by atoms with Crippen molar-refractivity contribution in [1.29, 1.82) is 0 Å². The predicted molar refractivity (Wildman–Crippen MR) is 110 cm³/mol. The van der Waals surface area contributed by atoms with Crippen molar-refractivity contribution < 1.29 is 18.7 Å². The summed E-state index contributed by atoms with van der Waals surface area (Å²) in [5.41, 5.74) is 1.28. The minimum absolute atomic E-state index is 0.215. The van der Waals surface area contributed by atoms with Crippen LogP contribution in [-0.2, 0) is 18.3 Å². The highest BCUT2D eigenvalue weighted by Gasteiger charge is 2.14. The number of amides is 1. The van der Waals surface area contributed by atoms with Crippen LogP contribution in [0.3, 0.4) is 0 Å². The number of rotatable bonds is 8. The zero-order chi connectivity index (χ0) is 20.8. The van der Waals surface area contributed by atoms with E-state index < -0.39 is 5.82 Å². The van der Waals surface area contributed by atoms with Gasteiger partial charge in [0.05, 0.1) is 19.9 Å². The fourth-order valence-electron chi connectivity index (χ4n) is 2.85. The topological polar surface area (TPSA) is 65.4 Å². The molecule has 1 aromatic heterocycles. The van der Waals surface area contributed by atoms with Gasteiger partial charge in [0.25, 0.3) is 0 Å². The van der Waals surface area contributed by atoms with Crippen LogP contribution < -0.4 is 14.8 Å². The Hall–Kier alpha value is -3.00. The van der Waals surface area contributed by atoms with Crippen LogP contribution in [0.5, 0.6) is 11.5 Å². The predicted octanol–water partition coefficient (Wildman–Crippen LogP) is 4.30. The van der Waals surface area contributed by atoms with Crippen LogP contribution >= 0.6 is 11.8 Å². The molecule has 1 N–H and O–H groups in total. The quantitative estimate of drug-likeness (QED) is 0.594. The van der Waals surface area contributed by atoms with E-state index in [4.69, 9.17) is 9.47 Å². The number of methoxy groups -OCH3 is 2. The van der Waals surface area contributed by atoms with Crippen LogP contribution in [0.15, 0.2) is 58.8 Å². The first-order valence-electron chi connectivity index (χ1n) is 8.96. The number of carbonyl (C=O) groups excluding carboxylic acids is 1. The second-order valence-electron chi connectivity index (χ2n) is 6.26. The van der Waals surface area contributed by atoms with Gasteiger partial charge in [-0.3, -0.25) is 4.79 Å². The van der Waals surface area contributed by atoms with Gasteiger partial charge in [-0.1, -0.05) is 12.1 Å². The van der Waals surface area contributed by atoms with Crippen LogP contribution in [0.1, 0.15) is 12.0 Å². The van der Waals surface area contributed by atoms with E-state index in [1.807, 2.05) is 29.9 Å². The van der Waals surface area contributed by atoms with Crippen LogP contribution in [0.4, 0.5) is 10.1 Å². The van der Waals surface area contributed by atoms with Crippen molar-refractivity contribution in [3.8, 4) is 11.5 Å². The van der Waals surface area contributed by atoms with E-state index in [9.17, 15) is 9.18 Å². The number of aryl methyl sites for hydroxylation is 2. The van der Waals surface area contributed by atoms with Gasteiger partial charge in [-0.05, 0) is 48.0 Å². The summed E-state index contributed by atoms with van der Waals surface area (Å²) >= 11 is 1.36. The van der Waals surface area contributed by atoms with Crippen molar-refractivity contribution in [2.45, 2.75) is 22.9 Å². The molecule has 0 saturated carbocycles. The molecule has 0 aliphatic heterocycles. The normalized spacial score (nSPS) is 10.6. The number of anilines is 1. The Morgan fingerprint density at radius 3 is 2.76 bits per heavy atom. The third-order valence-corrected chi connectivity index (χ3v) is 5.45. The highest BCUT2D eigenvalue weighted by molar-refractivity contribution is 7.99. The van der Waals surface area contributed by atoms with E-state index in [-0.39, 0.29) is 12.3 Å². The van der Waals surface area contributed by atoms with Crippen molar-refractivity contribution >= 4 is 23.4 Å². The van der Waals surface area contributed by atoms with Gasteiger partial charge < -0.3 is 19.4 Å². The number of benzene rings is 2. The number of aromatic nitrogens is 2. The number of carbonyl (C=O) groups is 1. The van der Waals surface area contributed by atoms with E-state index in [0.717, 1.165) is 10.7 Å². The largest absolute Gasteiger partial charge is 0.493 e. The fraction of sp³-hybridized carbons (Fsp3) is 0.238. The number of halogens is 1.